The van der Waals surface area contributed by atoms with E-state index in [1.165, 1.54) is 11.1 Å². The number of carbonyl (C=O) groups excluding carboxylic acids is 1. The lowest BCUT2D eigenvalue weighted by atomic mass is 9.69. The van der Waals surface area contributed by atoms with Crippen molar-refractivity contribution >= 4 is 18.3 Å². The van der Waals surface area contributed by atoms with Gasteiger partial charge in [0.2, 0.25) is 5.91 Å². The number of nitrogens with one attached hydrogen (secondary N) is 2. The highest BCUT2D eigenvalue weighted by molar-refractivity contribution is 5.87. The van der Waals surface area contributed by atoms with E-state index in [4.69, 9.17) is 0 Å². The first kappa shape index (κ1) is 14.4. The molecular weight excluding hydrogens is 260 g/mol. The Morgan fingerprint density at radius 1 is 1.26 bits per heavy atom. The third-order valence-corrected chi connectivity index (χ3v) is 4.48. The Morgan fingerprint density at radius 3 is 2.63 bits per heavy atom. The third kappa shape index (κ3) is 2.37. The van der Waals surface area contributed by atoms with E-state index in [9.17, 15) is 4.79 Å². The Morgan fingerprint density at radius 2 is 2.00 bits per heavy atom. The van der Waals surface area contributed by atoms with E-state index in [0.717, 1.165) is 32.5 Å². The molecule has 3 rings (SSSR count). The first-order chi connectivity index (χ1) is 8.72. The van der Waals surface area contributed by atoms with Crippen LogP contribution in [-0.4, -0.2) is 25.5 Å². The maximum atomic E-state index is 12.3. The Bertz CT molecular complexity index is 452. The molecular formula is C15H21ClN2O. The molecule has 0 bridgehead atoms. The van der Waals surface area contributed by atoms with Crippen LogP contribution in [0.5, 0.6) is 0 Å². The molecule has 2 N–H and O–H groups in total. The summed E-state index contributed by atoms with van der Waals surface area (Å²) in [6.45, 7) is 4.73. The fourth-order valence-electron chi connectivity index (χ4n) is 3.38. The number of carbonyl (C=O) groups is 1. The molecule has 2 atom stereocenters. The van der Waals surface area contributed by atoms with Gasteiger partial charge in [-0.2, -0.15) is 0 Å². The molecule has 4 heteroatoms. The van der Waals surface area contributed by atoms with Crippen LogP contribution in [0.25, 0.3) is 0 Å². The molecule has 2 heterocycles. The summed E-state index contributed by atoms with van der Waals surface area (Å²) in [7, 11) is 0. The minimum absolute atomic E-state index is 0. The summed E-state index contributed by atoms with van der Waals surface area (Å²) in [5, 5.41) is 6.46. The maximum absolute atomic E-state index is 12.3. The van der Waals surface area contributed by atoms with Gasteiger partial charge in [0.15, 0.2) is 0 Å². The maximum Gasteiger partial charge on any atom is 0.228 e. The number of benzene rings is 1. The number of hydrogen-bond acceptors (Lipinski definition) is 2. The minimum atomic E-state index is -0.215. The lowest BCUT2D eigenvalue weighted by Crippen LogP contribution is -2.47. The van der Waals surface area contributed by atoms with E-state index >= 15 is 0 Å². The summed E-state index contributed by atoms with van der Waals surface area (Å²) in [5.74, 6) is 0.554. The van der Waals surface area contributed by atoms with E-state index in [-0.39, 0.29) is 23.7 Å². The summed E-state index contributed by atoms with van der Waals surface area (Å²) in [5.41, 5.74) is 2.35. The molecule has 3 nitrogen and oxygen atoms in total. The highest BCUT2D eigenvalue weighted by Gasteiger charge is 2.50. The van der Waals surface area contributed by atoms with Gasteiger partial charge in [-0.15, -0.1) is 12.4 Å². The van der Waals surface area contributed by atoms with Gasteiger partial charge < -0.3 is 10.6 Å². The van der Waals surface area contributed by atoms with Crippen molar-refractivity contribution in [3.05, 3.63) is 35.4 Å². The summed E-state index contributed by atoms with van der Waals surface area (Å²) in [6, 6.07) is 8.64. The van der Waals surface area contributed by atoms with Crippen LogP contribution in [0.3, 0.4) is 0 Å². The third-order valence-electron chi connectivity index (χ3n) is 4.48. The van der Waals surface area contributed by atoms with Crippen LogP contribution < -0.4 is 10.6 Å². The van der Waals surface area contributed by atoms with Crippen molar-refractivity contribution in [1.82, 2.24) is 10.6 Å². The molecule has 2 unspecified atom stereocenters. The lowest BCUT2D eigenvalue weighted by Gasteiger charge is -2.36. The van der Waals surface area contributed by atoms with E-state index in [1.54, 1.807) is 0 Å². The van der Waals surface area contributed by atoms with Crippen LogP contribution in [0, 0.1) is 12.3 Å². The molecule has 1 aromatic carbocycles. The molecule has 104 valence electrons. The van der Waals surface area contributed by atoms with E-state index < -0.39 is 0 Å². The molecule has 2 aliphatic heterocycles. The standard InChI is InChI=1S/C15H20N2O.ClH/c1-11-3-5-12(6-4-11)13-9-17-14(18)15(13)7-2-8-16-10-15;/h3-6,13,16H,2,7-10H2,1H3,(H,17,18);1H. The van der Waals surface area contributed by atoms with Gasteiger partial charge in [-0.3, -0.25) is 4.79 Å². The van der Waals surface area contributed by atoms with Crippen molar-refractivity contribution < 1.29 is 4.79 Å². The largest absolute Gasteiger partial charge is 0.355 e. The fraction of sp³-hybridized carbons (Fsp3) is 0.533. The molecule has 2 fully saturated rings. The quantitative estimate of drug-likeness (QED) is 0.826. The predicted octanol–water partition coefficient (Wildman–Crippen LogP) is 2.00. The zero-order chi connectivity index (χ0) is 12.6. The molecule has 1 spiro atoms. The minimum Gasteiger partial charge on any atom is -0.355 e. The number of rotatable bonds is 1. The normalized spacial score (nSPS) is 29.9. The highest BCUT2D eigenvalue weighted by Crippen LogP contribution is 2.44. The predicted molar refractivity (Wildman–Crippen MR) is 78.7 cm³/mol. The van der Waals surface area contributed by atoms with Crippen LogP contribution in [0.2, 0.25) is 0 Å². The van der Waals surface area contributed by atoms with E-state index in [2.05, 4.69) is 41.8 Å². The van der Waals surface area contributed by atoms with Gasteiger partial charge >= 0.3 is 0 Å². The van der Waals surface area contributed by atoms with Crippen molar-refractivity contribution in [3.8, 4) is 0 Å². The zero-order valence-corrected chi connectivity index (χ0v) is 12.1. The van der Waals surface area contributed by atoms with Gasteiger partial charge in [-0.1, -0.05) is 29.8 Å². The topological polar surface area (TPSA) is 41.1 Å². The summed E-state index contributed by atoms with van der Waals surface area (Å²) in [4.78, 5) is 12.3. The summed E-state index contributed by atoms with van der Waals surface area (Å²) in [6.07, 6.45) is 2.10. The van der Waals surface area contributed by atoms with Crippen molar-refractivity contribution in [2.75, 3.05) is 19.6 Å². The van der Waals surface area contributed by atoms with Gasteiger partial charge in [-0.25, -0.2) is 0 Å². The van der Waals surface area contributed by atoms with Gasteiger partial charge in [0, 0.05) is 19.0 Å². The summed E-state index contributed by atoms with van der Waals surface area (Å²) < 4.78 is 0. The van der Waals surface area contributed by atoms with Crippen molar-refractivity contribution in [1.29, 1.82) is 0 Å². The van der Waals surface area contributed by atoms with Crippen molar-refractivity contribution in [2.45, 2.75) is 25.7 Å². The Labute approximate surface area is 120 Å². The van der Waals surface area contributed by atoms with Gasteiger partial charge in [0.1, 0.15) is 0 Å². The monoisotopic (exact) mass is 280 g/mol. The SMILES string of the molecule is Cc1ccc(C2CNC(=O)C23CCCNC3)cc1.Cl. The second-order valence-electron chi connectivity index (χ2n) is 5.61. The van der Waals surface area contributed by atoms with E-state index in [0.29, 0.717) is 5.92 Å². The zero-order valence-electron chi connectivity index (χ0n) is 11.2. The number of halogens is 1. The smallest absolute Gasteiger partial charge is 0.228 e. The Balaban J connectivity index is 0.00000133. The van der Waals surface area contributed by atoms with Gasteiger partial charge in [-0.05, 0) is 31.9 Å². The van der Waals surface area contributed by atoms with E-state index in [1.807, 2.05) is 0 Å². The first-order valence-corrected chi connectivity index (χ1v) is 6.78. The van der Waals surface area contributed by atoms with Crippen molar-refractivity contribution in [3.63, 3.8) is 0 Å². The number of hydrogen-bond donors (Lipinski definition) is 2. The number of piperidine rings is 1. The van der Waals surface area contributed by atoms with Crippen LogP contribution in [-0.2, 0) is 4.79 Å². The highest BCUT2D eigenvalue weighted by atomic mass is 35.5. The molecule has 2 aliphatic rings. The molecule has 2 saturated heterocycles. The van der Waals surface area contributed by atoms with Crippen LogP contribution in [0.15, 0.2) is 24.3 Å². The second kappa shape index (κ2) is 5.51. The van der Waals surface area contributed by atoms with Crippen LogP contribution in [0.1, 0.15) is 29.9 Å². The van der Waals surface area contributed by atoms with Crippen molar-refractivity contribution in [2.24, 2.45) is 5.41 Å². The molecule has 19 heavy (non-hydrogen) atoms. The summed E-state index contributed by atoms with van der Waals surface area (Å²) >= 11 is 0. The molecule has 1 amide bonds. The van der Waals surface area contributed by atoms with Gasteiger partial charge in [0.25, 0.3) is 0 Å². The Hall–Kier alpha value is -1.06. The van der Waals surface area contributed by atoms with Crippen LogP contribution in [0.4, 0.5) is 0 Å². The average molecular weight is 281 g/mol. The molecule has 0 saturated carbocycles. The molecule has 1 aromatic rings. The fourth-order valence-corrected chi connectivity index (χ4v) is 3.38. The molecule has 0 aromatic heterocycles. The average Bonchev–Trinajstić information content (AvgIpc) is 2.70. The van der Waals surface area contributed by atoms with Crippen LogP contribution >= 0.6 is 12.4 Å². The van der Waals surface area contributed by atoms with Gasteiger partial charge in [0.05, 0.1) is 5.41 Å². The molecule has 0 radical (unpaired) electrons. The lowest BCUT2D eigenvalue weighted by molar-refractivity contribution is -0.129. The Kier molecular flexibility index (Phi) is 4.16. The first-order valence-electron chi connectivity index (χ1n) is 6.78. The molecule has 0 aliphatic carbocycles. The number of aryl methyl sites for hydroxylation is 1. The second-order valence-corrected chi connectivity index (χ2v) is 5.61. The number of amides is 1.